The van der Waals surface area contributed by atoms with Gasteiger partial charge in [-0.15, -0.1) is 24.9 Å². The van der Waals surface area contributed by atoms with Crippen molar-refractivity contribution in [3.8, 4) is 0 Å². The summed E-state index contributed by atoms with van der Waals surface area (Å²) in [5.41, 5.74) is 0.973. The van der Waals surface area contributed by atoms with Crippen molar-refractivity contribution >= 4 is 45.5 Å². The quantitative estimate of drug-likeness (QED) is 0.173. The Hall–Kier alpha value is -2.10. The lowest BCUT2D eigenvalue weighted by Crippen LogP contribution is -2.57. The first kappa shape index (κ1) is 27.9. The fraction of sp³-hybridized carbons (Fsp3) is 0.536. The summed E-state index contributed by atoms with van der Waals surface area (Å²) in [5.74, 6) is -2.14. The first-order valence-corrected chi connectivity index (χ1v) is 14.6. The number of esters is 1. The monoisotopic (exact) mass is 590 g/mol. The fourth-order valence-corrected chi connectivity index (χ4v) is 9.62. The number of carbonyl (C=O) groups is 3. The van der Waals surface area contributed by atoms with Gasteiger partial charge in [0.2, 0.25) is 11.8 Å². The van der Waals surface area contributed by atoms with Gasteiger partial charge in [-0.25, -0.2) is 0 Å². The van der Waals surface area contributed by atoms with Gasteiger partial charge in [0.25, 0.3) is 0 Å². The number of aliphatic hydroxyl groups excluding tert-OH is 1. The maximum absolute atomic E-state index is 14.3. The second kappa shape index (κ2) is 11.7. The van der Waals surface area contributed by atoms with E-state index in [1.165, 1.54) is 0 Å². The molecule has 1 N–H and O–H groups in total. The average Bonchev–Trinajstić information content (AvgIpc) is 3.49. The van der Waals surface area contributed by atoms with E-state index >= 15 is 0 Å². The van der Waals surface area contributed by atoms with Crippen LogP contribution in [-0.4, -0.2) is 79.4 Å². The molecule has 37 heavy (non-hydrogen) atoms. The molecule has 4 rings (SSSR count). The molecule has 3 unspecified atom stereocenters. The number of rotatable bonds is 12. The maximum Gasteiger partial charge on any atom is 0.310 e. The topological polar surface area (TPSA) is 87.1 Å². The van der Waals surface area contributed by atoms with E-state index in [-0.39, 0.29) is 41.1 Å². The summed E-state index contributed by atoms with van der Waals surface area (Å²) < 4.78 is 4.83. The minimum absolute atomic E-state index is 0.0334. The Labute approximate surface area is 231 Å². The zero-order valence-corrected chi connectivity index (χ0v) is 23.5. The molecule has 1 aromatic rings. The number of thioether (sulfide) groups is 1. The van der Waals surface area contributed by atoms with E-state index in [0.717, 1.165) is 12.0 Å². The minimum Gasteiger partial charge on any atom is -0.465 e. The maximum atomic E-state index is 14.3. The second-order valence-electron chi connectivity index (χ2n) is 10.0. The molecule has 3 saturated heterocycles. The molecule has 3 fully saturated rings. The van der Waals surface area contributed by atoms with Gasteiger partial charge in [0.1, 0.15) is 6.04 Å². The van der Waals surface area contributed by atoms with Crippen LogP contribution in [0, 0.1) is 11.8 Å². The normalized spacial score (nSPS) is 30.6. The van der Waals surface area contributed by atoms with Crippen LogP contribution < -0.4 is 0 Å². The summed E-state index contributed by atoms with van der Waals surface area (Å²) in [7, 11) is 0. The second-order valence-corrected chi connectivity index (χ2v) is 12.7. The molecule has 0 aromatic heterocycles. The number of hydrogen-bond donors (Lipinski definition) is 1. The summed E-state index contributed by atoms with van der Waals surface area (Å²) in [6.45, 7) is 9.97. The predicted octanol–water partition coefficient (Wildman–Crippen LogP) is 3.56. The van der Waals surface area contributed by atoms with Crippen LogP contribution in [0.2, 0.25) is 0 Å². The van der Waals surface area contributed by atoms with Crippen LogP contribution in [0.25, 0.3) is 0 Å². The van der Waals surface area contributed by atoms with Gasteiger partial charge in [0.15, 0.2) is 0 Å². The summed E-state index contributed by atoms with van der Waals surface area (Å²) in [6.07, 6.45) is 5.45. The number of amides is 2. The number of likely N-dealkylation sites (tertiary alicyclic amines) is 1. The van der Waals surface area contributed by atoms with Gasteiger partial charge >= 0.3 is 5.97 Å². The number of nitrogens with zero attached hydrogens (tertiary/aromatic N) is 2. The van der Waals surface area contributed by atoms with Crippen LogP contribution in [0.3, 0.4) is 0 Å². The largest absolute Gasteiger partial charge is 0.465 e. The molecule has 1 aromatic carbocycles. The highest BCUT2D eigenvalue weighted by molar-refractivity contribution is 9.09. The molecule has 9 heteroatoms. The van der Waals surface area contributed by atoms with Crippen LogP contribution in [0.15, 0.2) is 55.6 Å². The molecular formula is C28H35BrN2O5S. The van der Waals surface area contributed by atoms with Crippen molar-refractivity contribution in [3.63, 3.8) is 0 Å². The molecule has 200 valence electrons. The van der Waals surface area contributed by atoms with E-state index < -0.39 is 28.7 Å². The molecule has 3 aliphatic heterocycles. The van der Waals surface area contributed by atoms with E-state index in [0.29, 0.717) is 25.9 Å². The van der Waals surface area contributed by atoms with Crippen LogP contribution in [0.4, 0.5) is 0 Å². The zero-order valence-electron chi connectivity index (χ0n) is 21.1. The van der Waals surface area contributed by atoms with Crippen LogP contribution >= 0.6 is 27.7 Å². The third-order valence-corrected chi connectivity index (χ3v) is 10.9. The molecular weight excluding hydrogens is 556 g/mol. The number of ether oxygens (including phenoxy) is 1. The lowest BCUT2D eigenvalue weighted by atomic mass is 9.71. The Kier molecular flexibility index (Phi) is 8.86. The van der Waals surface area contributed by atoms with E-state index in [9.17, 15) is 19.5 Å². The van der Waals surface area contributed by atoms with E-state index in [1.807, 2.05) is 30.3 Å². The number of hydrogen-bond acceptors (Lipinski definition) is 6. The lowest BCUT2D eigenvalue weighted by molar-refractivity contribution is -0.154. The summed E-state index contributed by atoms with van der Waals surface area (Å²) in [5, 5.41) is 9.90. The molecule has 0 saturated carbocycles. The number of carbonyl (C=O) groups excluding carboxylic acids is 3. The number of unbranched alkanes of at least 4 members (excludes halogenated alkanes) is 1. The molecule has 0 radical (unpaired) electrons. The van der Waals surface area contributed by atoms with E-state index in [1.54, 1.807) is 40.6 Å². The van der Waals surface area contributed by atoms with Gasteiger partial charge < -0.3 is 19.6 Å². The Balaban J connectivity index is 1.69. The van der Waals surface area contributed by atoms with Crippen molar-refractivity contribution in [3.05, 3.63) is 61.2 Å². The van der Waals surface area contributed by atoms with Gasteiger partial charge in [0.05, 0.1) is 35.8 Å². The van der Waals surface area contributed by atoms with Crippen molar-refractivity contribution in [2.75, 3.05) is 19.8 Å². The predicted molar refractivity (Wildman–Crippen MR) is 148 cm³/mol. The van der Waals surface area contributed by atoms with Crippen molar-refractivity contribution < 1.29 is 24.2 Å². The summed E-state index contributed by atoms with van der Waals surface area (Å²) in [6, 6.07) is 8.32. The highest BCUT2D eigenvalue weighted by Gasteiger charge is 2.76. The van der Waals surface area contributed by atoms with E-state index in [4.69, 9.17) is 4.74 Å². The lowest BCUT2D eigenvalue weighted by Gasteiger charge is -2.39. The first-order valence-electron chi connectivity index (χ1n) is 12.8. The molecule has 2 bridgehead atoms. The number of fused-ring (bicyclic) bond motifs is 1. The highest BCUT2D eigenvalue weighted by atomic mass is 79.9. The number of halogens is 1. The first-order chi connectivity index (χ1) is 17.8. The number of allylic oxidation sites excluding steroid dienone is 1. The van der Waals surface area contributed by atoms with Gasteiger partial charge in [-0.2, -0.15) is 0 Å². The smallest absolute Gasteiger partial charge is 0.310 e. The number of benzene rings is 1. The van der Waals surface area contributed by atoms with Gasteiger partial charge in [-0.3, -0.25) is 14.4 Å². The van der Waals surface area contributed by atoms with Gasteiger partial charge in [-0.1, -0.05) is 58.4 Å². The number of alkyl halides is 1. The third kappa shape index (κ3) is 5.02. The number of aliphatic hydroxyl groups is 1. The average molecular weight is 592 g/mol. The highest BCUT2D eigenvalue weighted by Crippen LogP contribution is 2.68. The molecule has 1 spiro atoms. The molecule has 0 aliphatic carbocycles. The summed E-state index contributed by atoms with van der Waals surface area (Å²) >= 11 is 5.33. The summed E-state index contributed by atoms with van der Waals surface area (Å²) in [4.78, 5) is 44.9. The van der Waals surface area contributed by atoms with Gasteiger partial charge in [-0.05, 0) is 31.7 Å². The zero-order chi connectivity index (χ0) is 26.7. The Morgan fingerprint density at radius 1 is 1.32 bits per heavy atom. The Morgan fingerprint density at radius 3 is 2.70 bits per heavy atom. The van der Waals surface area contributed by atoms with Crippen molar-refractivity contribution in [1.82, 2.24) is 9.80 Å². The standard InChI is InChI=1S/C28H35BrN2O5S/c1-4-6-10-14-36-27(35)21-22-25(33)31(18(3)17-32)24(28(22)15-20(29)23(21)37-28)26(34)30(13-5-2)16-19-11-8-7-9-12-19/h4-5,7-9,11-12,18,20-24,32H,1-2,6,10,13-17H2,3H3/t18-,20?,21+,22+,23+,24?,28?/m1/s1. The molecule has 2 amide bonds. The third-order valence-electron chi connectivity index (χ3n) is 7.65. The molecule has 3 aliphatic rings. The van der Waals surface area contributed by atoms with Crippen LogP contribution in [0.1, 0.15) is 31.7 Å². The molecule has 7 atom stereocenters. The molecule has 7 nitrogen and oxygen atoms in total. The van der Waals surface area contributed by atoms with Crippen molar-refractivity contribution in [1.29, 1.82) is 0 Å². The van der Waals surface area contributed by atoms with Gasteiger partial charge in [0, 0.05) is 23.2 Å². The SMILES string of the molecule is C=CCCCOC(=O)[C@H]1[C@H]2C(=O)N([C@H](C)CO)C(C(=O)N(CC=C)Cc3ccccc3)C23CC(Br)[C@@H]1S3. The Morgan fingerprint density at radius 2 is 2.05 bits per heavy atom. The van der Waals surface area contributed by atoms with Crippen molar-refractivity contribution in [2.24, 2.45) is 11.8 Å². The van der Waals surface area contributed by atoms with E-state index in [2.05, 4.69) is 29.1 Å². The minimum atomic E-state index is -0.801. The fourth-order valence-electron chi connectivity index (χ4n) is 6.04. The Bertz CT molecular complexity index is 1040. The van der Waals surface area contributed by atoms with Crippen LogP contribution in [0.5, 0.6) is 0 Å². The molecule has 3 heterocycles. The van der Waals surface area contributed by atoms with Crippen molar-refractivity contribution in [2.45, 2.75) is 59.6 Å². The van der Waals surface area contributed by atoms with Crippen LogP contribution in [-0.2, 0) is 25.7 Å².